The van der Waals surface area contributed by atoms with Crippen LogP contribution in [-0.2, 0) is 12.8 Å². The lowest BCUT2D eigenvalue weighted by Gasteiger charge is -2.38. The summed E-state index contributed by atoms with van der Waals surface area (Å²) in [4.78, 5) is 9.73. The quantitative estimate of drug-likeness (QED) is 0.452. The minimum atomic E-state index is -0.162. The summed E-state index contributed by atoms with van der Waals surface area (Å²) in [5.41, 5.74) is 7.86. The molecule has 3 nitrogen and oxygen atoms in total. The number of H-pyrrole nitrogens is 1. The fraction of sp³-hybridized carbons (Fsp3) is 0.560. The number of fused-ring (bicyclic) bond motifs is 1. The smallest absolute Gasteiger partial charge is 0.185 e. The molecule has 0 amide bonds. The van der Waals surface area contributed by atoms with Crippen LogP contribution in [0.15, 0.2) is 35.2 Å². The first-order chi connectivity index (χ1) is 13.8. The van der Waals surface area contributed by atoms with Crippen LogP contribution in [0.2, 0.25) is 0 Å². The highest BCUT2D eigenvalue weighted by atomic mass is 19.1. The Morgan fingerprint density at radius 2 is 2.21 bits per heavy atom. The first kappa shape index (κ1) is 21.6. The van der Waals surface area contributed by atoms with Crippen LogP contribution in [0.5, 0.6) is 0 Å². The lowest BCUT2D eigenvalue weighted by atomic mass is 9.67. The van der Waals surface area contributed by atoms with E-state index in [2.05, 4.69) is 49.6 Å². The van der Waals surface area contributed by atoms with Gasteiger partial charge in [0.05, 0.1) is 0 Å². The molecule has 0 aromatic carbocycles. The molecule has 2 heterocycles. The molecule has 1 aromatic heterocycles. The number of nitrogens with one attached hydrogen (secondary N) is 1. The number of aliphatic imine (C=N–C) groups is 1. The van der Waals surface area contributed by atoms with Crippen molar-refractivity contribution in [3.63, 3.8) is 0 Å². The zero-order valence-electron chi connectivity index (χ0n) is 18.7. The molecular weight excluding hydrogens is 361 g/mol. The highest BCUT2D eigenvalue weighted by Gasteiger charge is 2.34. The molecule has 3 unspecified atom stereocenters. The molecule has 29 heavy (non-hydrogen) atoms. The molecule has 0 bridgehead atoms. The van der Waals surface area contributed by atoms with Gasteiger partial charge in [-0.15, -0.1) is 0 Å². The fourth-order valence-electron chi connectivity index (χ4n) is 4.66. The Morgan fingerprint density at radius 3 is 2.86 bits per heavy atom. The van der Waals surface area contributed by atoms with E-state index in [-0.39, 0.29) is 11.9 Å². The number of nitrogens with zero attached hydrogens (tertiary/aromatic N) is 2. The maximum absolute atomic E-state index is 14.0. The van der Waals surface area contributed by atoms with Crippen molar-refractivity contribution in [2.75, 3.05) is 20.6 Å². The van der Waals surface area contributed by atoms with E-state index >= 15 is 0 Å². The molecule has 4 heteroatoms. The Kier molecular flexibility index (Phi) is 6.81. The van der Waals surface area contributed by atoms with Crippen LogP contribution in [0, 0.1) is 24.7 Å². The van der Waals surface area contributed by atoms with Gasteiger partial charge in [0.15, 0.2) is 5.95 Å². The summed E-state index contributed by atoms with van der Waals surface area (Å²) in [6, 6.07) is 0. The third-order valence-corrected chi connectivity index (χ3v) is 6.57. The number of halogens is 1. The van der Waals surface area contributed by atoms with Crippen molar-refractivity contribution in [1.29, 1.82) is 0 Å². The van der Waals surface area contributed by atoms with E-state index in [1.165, 1.54) is 38.6 Å². The molecule has 0 saturated carbocycles. The van der Waals surface area contributed by atoms with Gasteiger partial charge in [-0.25, -0.2) is 0 Å². The largest absolute Gasteiger partial charge is 0.358 e. The van der Waals surface area contributed by atoms with Gasteiger partial charge in [-0.1, -0.05) is 38.5 Å². The summed E-state index contributed by atoms with van der Waals surface area (Å²) < 4.78 is 14.0. The van der Waals surface area contributed by atoms with Crippen molar-refractivity contribution < 1.29 is 4.39 Å². The second-order valence-corrected chi connectivity index (χ2v) is 8.76. The Morgan fingerprint density at radius 1 is 1.45 bits per heavy atom. The molecule has 3 rings (SSSR count). The van der Waals surface area contributed by atoms with Gasteiger partial charge in [0.2, 0.25) is 0 Å². The predicted octanol–water partition coefficient (Wildman–Crippen LogP) is 5.88. The summed E-state index contributed by atoms with van der Waals surface area (Å²) >= 11 is 0. The third-order valence-electron chi connectivity index (χ3n) is 6.57. The van der Waals surface area contributed by atoms with Gasteiger partial charge in [-0.2, -0.15) is 4.39 Å². The monoisotopic (exact) mass is 397 g/mol. The number of aryl methyl sites for hydroxylation is 1. The first-order valence-corrected chi connectivity index (χ1v) is 11.0. The lowest BCUT2D eigenvalue weighted by molar-refractivity contribution is 0.355. The number of aromatic amines is 1. The summed E-state index contributed by atoms with van der Waals surface area (Å²) in [6.45, 7) is 12.1. The molecule has 1 aromatic rings. The van der Waals surface area contributed by atoms with Gasteiger partial charge >= 0.3 is 0 Å². The minimum Gasteiger partial charge on any atom is -0.358 e. The minimum absolute atomic E-state index is 0.162. The normalized spacial score (nSPS) is 22.8. The molecular formula is C25H36FN3. The Bertz CT molecular complexity index is 840. The molecule has 1 N–H and O–H groups in total. The zero-order valence-corrected chi connectivity index (χ0v) is 18.7. The maximum Gasteiger partial charge on any atom is 0.185 e. The molecule has 3 atom stereocenters. The lowest BCUT2D eigenvalue weighted by Crippen LogP contribution is -2.27. The van der Waals surface area contributed by atoms with Crippen LogP contribution in [-0.4, -0.2) is 36.7 Å². The highest BCUT2D eigenvalue weighted by Crippen LogP contribution is 2.46. The summed E-state index contributed by atoms with van der Waals surface area (Å²) in [6.07, 6.45) is 11.3. The maximum atomic E-state index is 14.0. The number of allylic oxidation sites excluding steroid dienone is 4. The van der Waals surface area contributed by atoms with Gasteiger partial charge in [-0.3, -0.25) is 4.99 Å². The van der Waals surface area contributed by atoms with Crippen LogP contribution >= 0.6 is 0 Å². The van der Waals surface area contributed by atoms with Gasteiger partial charge in [0.1, 0.15) is 0 Å². The van der Waals surface area contributed by atoms with Crippen molar-refractivity contribution in [2.45, 2.75) is 52.9 Å². The Labute approximate surface area is 175 Å². The van der Waals surface area contributed by atoms with Crippen molar-refractivity contribution in [3.8, 4) is 0 Å². The van der Waals surface area contributed by atoms with Gasteiger partial charge < -0.3 is 9.88 Å². The van der Waals surface area contributed by atoms with Crippen molar-refractivity contribution >= 4 is 11.8 Å². The average Bonchev–Trinajstić information content (AvgIpc) is 2.96. The topological polar surface area (TPSA) is 31.4 Å². The summed E-state index contributed by atoms with van der Waals surface area (Å²) in [5.74, 6) is 0.668. The second-order valence-electron chi connectivity index (χ2n) is 8.76. The summed E-state index contributed by atoms with van der Waals surface area (Å²) in [7, 11) is 3.49. The van der Waals surface area contributed by atoms with Crippen LogP contribution in [0.4, 0.5) is 4.39 Å². The molecule has 1 aliphatic carbocycles. The second kappa shape index (κ2) is 9.15. The number of aromatic nitrogens is 1. The Balaban J connectivity index is 1.87. The molecule has 158 valence electrons. The molecule has 0 spiro atoms. The predicted molar refractivity (Wildman–Crippen MR) is 122 cm³/mol. The highest BCUT2D eigenvalue weighted by molar-refractivity contribution is 5.73. The Hall–Kier alpha value is -2.10. The molecule has 0 fully saturated rings. The van der Waals surface area contributed by atoms with Crippen LogP contribution in [0.3, 0.4) is 0 Å². The van der Waals surface area contributed by atoms with Crippen molar-refractivity contribution in [3.05, 3.63) is 52.8 Å². The van der Waals surface area contributed by atoms with Crippen LogP contribution in [0.25, 0.3) is 5.57 Å². The van der Waals surface area contributed by atoms with Crippen molar-refractivity contribution in [1.82, 2.24) is 9.88 Å². The number of rotatable bonds is 7. The van der Waals surface area contributed by atoms with E-state index in [0.717, 1.165) is 38.6 Å². The van der Waals surface area contributed by atoms with E-state index < -0.39 is 0 Å². The van der Waals surface area contributed by atoms with E-state index in [9.17, 15) is 4.39 Å². The van der Waals surface area contributed by atoms with E-state index in [1.807, 2.05) is 0 Å². The SMILES string of the molecule is C=C(c1[nH]c2c(c1C)CC=NCCC2)C(CCC)C1=CC(C=C(F)N(C)C)C1C. The van der Waals surface area contributed by atoms with Gasteiger partial charge in [-0.05, 0) is 54.9 Å². The summed E-state index contributed by atoms with van der Waals surface area (Å²) in [5, 5.41) is 0. The van der Waals surface area contributed by atoms with Gasteiger partial charge in [0.25, 0.3) is 0 Å². The molecule has 0 radical (unpaired) electrons. The molecule has 0 saturated heterocycles. The fourth-order valence-corrected chi connectivity index (χ4v) is 4.66. The number of hydrogen-bond donors (Lipinski definition) is 1. The average molecular weight is 398 g/mol. The van der Waals surface area contributed by atoms with Crippen LogP contribution < -0.4 is 0 Å². The van der Waals surface area contributed by atoms with Crippen molar-refractivity contribution in [2.24, 2.45) is 22.7 Å². The van der Waals surface area contributed by atoms with E-state index in [4.69, 9.17) is 0 Å². The molecule has 1 aliphatic heterocycles. The third kappa shape index (κ3) is 4.41. The van der Waals surface area contributed by atoms with Gasteiger partial charge in [0, 0.05) is 56.5 Å². The number of hydrogen-bond acceptors (Lipinski definition) is 2. The van der Waals surface area contributed by atoms with E-state index in [0.29, 0.717) is 11.8 Å². The zero-order chi connectivity index (χ0) is 21.1. The van der Waals surface area contributed by atoms with Crippen LogP contribution in [0.1, 0.15) is 55.6 Å². The van der Waals surface area contributed by atoms with E-state index in [1.54, 1.807) is 20.2 Å². The first-order valence-electron chi connectivity index (χ1n) is 11.0. The standard InChI is InChI=1S/C25H36FN3/c1-7-9-20(22-14-19(16(22)2)15-24(26)29(5)6)17(3)25-18(4)21-11-13-27-12-8-10-23(21)28-25/h13-16,19-20,28H,3,7-12H2,1-2,4-6H3. The molecule has 2 aliphatic rings.